The second-order valence-corrected chi connectivity index (χ2v) is 7.07. The summed E-state index contributed by atoms with van der Waals surface area (Å²) in [4.78, 5) is 7.97. The highest BCUT2D eigenvalue weighted by Gasteiger charge is 2.26. The van der Waals surface area contributed by atoms with E-state index in [4.69, 9.17) is 4.74 Å². The maximum Gasteiger partial charge on any atom is 0.120 e. The van der Waals surface area contributed by atoms with Gasteiger partial charge in [0.15, 0.2) is 0 Å². The molecule has 102 valence electrons. The van der Waals surface area contributed by atoms with Gasteiger partial charge < -0.3 is 15.0 Å². The average Bonchev–Trinajstić information content (AvgIpc) is 2.84. The topological polar surface area (TPSA) is 49.9 Å². The summed E-state index contributed by atoms with van der Waals surface area (Å²) in [6.07, 6.45) is 1.95. The van der Waals surface area contributed by atoms with Gasteiger partial charge in [-0.05, 0) is 0 Å². The summed E-state index contributed by atoms with van der Waals surface area (Å²) in [6.45, 7) is 4.73. The maximum absolute atomic E-state index is 5.00. The number of methoxy groups -OCH3 is 1. The molecule has 1 aromatic rings. The van der Waals surface area contributed by atoms with E-state index in [1.54, 1.807) is 7.11 Å². The molecule has 2 N–H and O–H groups in total. The van der Waals surface area contributed by atoms with Gasteiger partial charge in [0.2, 0.25) is 0 Å². The smallest absolute Gasteiger partial charge is 0.120 e. The van der Waals surface area contributed by atoms with Crippen LogP contribution in [0.15, 0.2) is 6.20 Å². The molecule has 0 saturated carbocycles. The quantitative estimate of drug-likeness (QED) is 0.784. The second-order valence-electron chi connectivity index (χ2n) is 4.33. The fourth-order valence-corrected chi connectivity index (χ4v) is 4.66. The number of ether oxygens (including phenoxy) is 1. The molecule has 0 aromatic carbocycles. The first kappa shape index (κ1) is 14.2. The van der Waals surface area contributed by atoms with Crippen LogP contribution >= 0.6 is 23.5 Å². The minimum atomic E-state index is 0.511. The fourth-order valence-electron chi connectivity index (χ4n) is 1.94. The molecule has 0 aliphatic carbocycles. The number of thioether (sulfide) groups is 2. The molecule has 0 radical (unpaired) electrons. The van der Waals surface area contributed by atoms with Crippen molar-refractivity contribution in [1.82, 2.24) is 15.3 Å². The fraction of sp³-hybridized carbons (Fsp3) is 0.750. The largest absolute Gasteiger partial charge is 0.383 e. The number of rotatable bonds is 6. The second kappa shape index (κ2) is 7.43. The third kappa shape index (κ3) is 3.91. The zero-order chi connectivity index (χ0) is 12.8. The van der Waals surface area contributed by atoms with Crippen molar-refractivity contribution in [1.29, 1.82) is 0 Å². The van der Waals surface area contributed by atoms with Crippen LogP contribution in [-0.2, 0) is 11.3 Å². The van der Waals surface area contributed by atoms with E-state index >= 15 is 0 Å². The van der Waals surface area contributed by atoms with Gasteiger partial charge >= 0.3 is 0 Å². The molecule has 1 fully saturated rings. The molecule has 1 aliphatic heterocycles. The van der Waals surface area contributed by atoms with E-state index in [1.807, 2.05) is 29.7 Å². The van der Waals surface area contributed by atoms with Crippen molar-refractivity contribution in [3.05, 3.63) is 17.7 Å². The summed E-state index contributed by atoms with van der Waals surface area (Å²) in [5, 5.41) is 4.48. The lowest BCUT2D eigenvalue weighted by Crippen LogP contribution is -2.19. The first-order valence-electron chi connectivity index (χ1n) is 6.28. The van der Waals surface area contributed by atoms with E-state index in [0.717, 1.165) is 31.2 Å². The van der Waals surface area contributed by atoms with E-state index in [2.05, 4.69) is 22.2 Å². The zero-order valence-corrected chi connectivity index (χ0v) is 12.6. The molecule has 0 bridgehead atoms. The van der Waals surface area contributed by atoms with E-state index < -0.39 is 0 Å². The molecular weight excluding hydrogens is 266 g/mol. The lowest BCUT2D eigenvalue weighted by atomic mass is 10.3. The van der Waals surface area contributed by atoms with Crippen LogP contribution in [0.3, 0.4) is 0 Å². The van der Waals surface area contributed by atoms with Crippen LogP contribution in [-0.4, -0.2) is 47.0 Å². The minimum absolute atomic E-state index is 0.511. The van der Waals surface area contributed by atoms with Crippen molar-refractivity contribution < 1.29 is 4.74 Å². The summed E-state index contributed by atoms with van der Waals surface area (Å²) in [5.74, 6) is 3.61. The van der Waals surface area contributed by atoms with Gasteiger partial charge in [-0.2, -0.15) is 11.8 Å². The van der Waals surface area contributed by atoms with E-state index in [1.165, 1.54) is 11.5 Å². The summed E-state index contributed by atoms with van der Waals surface area (Å²) in [6, 6.07) is 0. The Morgan fingerprint density at radius 3 is 3.11 bits per heavy atom. The average molecular weight is 287 g/mol. The lowest BCUT2D eigenvalue weighted by molar-refractivity contribution is 0.199. The molecular formula is C12H21N3OS2. The first-order valence-corrected chi connectivity index (χ1v) is 8.37. The highest BCUT2D eigenvalue weighted by atomic mass is 32.2. The minimum Gasteiger partial charge on any atom is -0.383 e. The van der Waals surface area contributed by atoms with Gasteiger partial charge in [0, 0.05) is 48.8 Å². The molecule has 1 saturated heterocycles. The third-order valence-corrected chi connectivity index (χ3v) is 6.00. The Bertz CT molecular complexity index is 359. The van der Waals surface area contributed by atoms with Gasteiger partial charge in [0.05, 0.1) is 11.9 Å². The standard InChI is InChI=1S/C12H21N3OS2/c1-9-11(18-6-5-17-9)12-14-8-10(15-12)7-13-3-4-16-2/h8-9,11,13H,3-7H2,1-2H3,(H,14,15). The Morgan fingerprint density at radius 1 is 1.50 bits per heavy atom. The normalized spacial score (nSPS) is 24.3. The third-order valence-electron chi connectivity index (χ3n) is 2.90. The van der Waals surface area contributed by atoms with Crippen molar-refractivity contribution in [3.63, 3.8) is 0 Å². The van der Waals surface area contributed by atoms with Gasteiger partial charge in [0.25, 0.3) is 0 Å². The van der Waals surface area contributed by atoms with E-state index in [0.29, 0.717) is 10.5 Å². The molecule has 0 spiro atoms. The number of nitrogens with one attached hydrogen (secondary N) is 2. The number of aromatic nitrogens is 2. The highest BCUT2D eigenvalue weighted by molar-refractivity contribution is 8.06. The van der Waals surface area contributed by atoms with Gasteiger partial charge in [0.1, 0.15) is 5.82 Å². The van der Waals surface area contributed by atoms with E-state index in [9.17, 15) is 0 Å². The van der Waals surface area contributed by atoms with Crippen LogP contribution in [0.1, 0.15) is 23.7 Å². The monoisotopic (exact) mass is 287 g/mol. The number of hydrogen-bond acceptors (Lipinski definition) is 5. The number of imidazole rings is 1. The van der Waals surface area contributed by atoms with Gasteiger partial charge in [-0.1, -0.05) is 6.92 Å². The predicted molar refractivity (Wildman–Crippen MR) is 79.3 cm³/mol. The number of aromatic amines is 1. The number of nitrogens with zero attached hydrogens (tertiary/aromatic N) is 1. The molecule has 2 rings (SSSR count). The SMILES string of the molecule is COCCNCc1cnc(C2SCCSC2C)[nH]1. The van der Waals surface area contributed by atoms with Crippen LogP contribution in [0.4, 0.5) is 0 Å². The summed E-state index contributed by atoms with van der Waals surface area (Å²) in [7, 11) is 1.72. The molecule has 2 heterocycles. The van der Waals surface area contributed by atoms with Gasteiger partial charge in [-0.15, -0.1) is 11.8 Å². The molecule has 2 atom stereocenters. The van der Waals surface area contributed by atoms with Crippen LogP contribution in [0, 0.1) is 0 Å². The molecule has 2 unspecified atom stereocenters. The van der Waals surface area contributed by atoms with Crippen LogP contribution in [0.25, 0.3) is 0 Å². The molecule has 4 nitrogen and oxygen atoms in total. The van der Waals surface area contributed by atoms with Gasteiger partial charge in [-0.3, -0.25) is 0 Å². The van der Waals surface area contributed by atoms with Crippen molar-refractivity contribution in [2.45, 2.75) is 24.0 Å². The van der Waals surface area contributed by atoms with Crippen molar-refractivity contribution >= 4 is 23.5 Å². The van der Waals surface area contributed by atoms with Crippen molar-refractivity contribution in [3.8, 4) is 0 Å². The van der Waals surface area contributed by atoms with Crippen LogP contribution in [0.2, 0.25) is 0 Å². The van der Waals surface area contributed by atoms with Gasteiger partial charge in [-0.25, -0.2) is 4.98 Å². The van der Waals surface area contributed by atoms with Crippen molar-refractivity contribution in [2.24, 2.45) is 0 Å². The van der Waals surface area contributed by atoms with Crippen LogP contribution < -0.4 is 5.32 Å². The summed E-state index contributed by atoms with van der Waals surface area (Å²) >= 11 is 4.06. The Balaban J connectivity index is 1.85. The molecule has 1 aliphatic rings. The number of H-pyrrole nitrogens is 1. The maximum atomic E-state index is 5.00. The molecule has 6 heteroatoms. The molecule has 0 amide bonds. The van der Waals surface area contributed by atoms with Crippen molar-refractivity contribution in [2.75, 3.05) is 31.8 Å². The zero-order valence-electron chi connectivity index (χ0n) is 10.9. The molecule has 18 heavy (non-hydrogen) atoms. The Hall–Kier alpha value is -0.170. The lowest BCUT2D eigenvalue weighted by Gasteiger charge is -2.26. The summed E-state index contributed by atoms with van der Waals surface area (Å²) in [5.41, 5.74) is 1.16. The number of hydrogen-bond donors (Lipinski definition) is 2. The predicted octanol–water partition coefficient (Wildman–Crippen LogP) is 2.06. The van der Waals surface area contributed by atoms with E-state index in [-0.39, 0.29) is 0 Å². The summed E-state index contributed by atoms with van der Waals surface area (Å²) < 4.78 is 5.00. The molecule has 1 aromatic heterocycles. The van der Waals surface area contributed by atoms with Crippen LogP contribution in [0.5, 0.6) is 0 Å². The highest BCUT2D eigenvalue weighted by Crippen LogP contribution is 2.40. The Labute approximate surface area is 117 Å². The Kier molecular flexibility index (Phi) is 5.88. The Morgan fingerprint density at radius 2 is 2.33 bits per heavy atom. The first-order chi connectivity index (χ1) is 8.81.